The average molecular weight is 129 g/mol. The van der Waals surface area contributed by atoms with Crippen LogP contribution in [0, 0.1) is 11.3 Å². The molecule has 0 heterocycles. The minimum atomic E-state index is -0.898. The van der Waals surface area contributed by atoms with Crippen molar-refractivity contribution in [2.24, 2.45) is 5.92 Å². The summed E-state index contributed by atoms with van der Waals surface area (Å²) in [6.45, 7) is 3.28. The molecular formula is C6H11NO2. The van der Waals surface area contributed by atoms with Crippen LogP contribution in [0.5, 0.6) is 0 Å². The standard InChI is InChI=1S/C6H11NO2/c1-3-5(4(2)7)6(8)9/h5,7H,3H2,1-2H3,(H,8,9)/t5-/m0/s1. The van der Waals surface area contributed by atoms with Crippen LogP contribution in [-0.2, 0) is 4.79 Å². The van der Waals surface area contributed by atoms with Crippen molar-refractivity contribution in [2.45, 2.75) is 20.3 Å². The molecule has 0 spiro atoms. The van der Waals surface area contributed by atoms with E-state index in [1.54, 1.807) is 6.92 Å². The predicted octanol–water partition coefficient (Wildman–Crippen LogP) is 1.14. The SMILES string of the molecule is CC[C@@H](C(C)=N)C(=O)O. The van der Waals surface area contributed by atoms with Crippen LogP contribution in [0.1, 0.15) is 20.3 Å². The van der Waals surface area contributed by atoms with E-state index in [2.05, 4.69) is 0 Å². The van der Waals surface area contributed by atoms with Gasteiger partial charge in [-0.1, -0.05) is 6.92 Å². The second kappa shape index (κ2) is 3.22. The lowest BCUT2D eigenvalue weighted by Crippen LogP contribution is -2.19. The van der Waals surface area contributed by atoms with Crippen LogP contribution >= 0.6 is 0 Å². The average Bonchev–Trinajstić information content (AvgIpc) is 1.64. The molecule has 0 aliphatic carbocycles. The number of aliphatic carboxylic acids is 1. The van der Waals surface area contributed by atoms with Crippen molar-refractivity contribution in [1.82, 2.24) is 0 Å². The topological polar surface area (TPSA) is 61.2 Å². The summed E-state index contributed by atoms with van der Waals surface area (Å²) in [5.41, 5.74) is 0.227. The summed E-state index contributed by atoms with van der Waals surface area (Å²) >= 11 is 0. The molecular weight excluding hydrogens is 118 g/mol. The molecule has 0 bridgehead atoms. The highest BCUT2D eigenvalue weighted by Gasteiger charge is 2.15. The van der Waals surface area contributed by atoms with Gasteiger partial charge in [-0.05, 0) is 13.3 Å². The van der Waals surface area contributed by atoms with Crippen molar-refractivity contribution >= 4 is 11.7 Å². The van der Waals surface area contributed by atoms with Gasteiger partial charge in [0.1, 0.15) is 0 Å². The first-order chi connectivity index (χ1) is 4.09. The normalized spacial score (nSPS) is 12.7. The van der Waals surface area contributed by atoms with Crippen molar-refractivity contribution in [3.05, 3.63) is 0 Å². The van der Waals surface area contributed by atoms with E-state index in [9.17, 15) is 4.79 Å². The van der Waals surface area contributed by atoms with E-state index in [-0.39, 0.29) is 5.71 Å². The number of carbonyl (C=O) groups is 1. The third kappa shape index (κ3) is 2.26. The fourth-order valence-corrected chi connectivity index (χ4v) is 0.666. The van der Waals surface area contributed by atoms with Crippen LogP contribution in [-0.4, -0.2) is 16.8 Å². The Balaban J connectivity index is 3.99. The fourth-order valence-electron chi connectivity index (χ4n) is 0.666. The number of rotatable bonds is 3. The molecule has 0 amide bonds. The molecule has 52 valence electrons. The Morgan fingerprint density at radius 3 is 2.22 bits per heavy atom. The number of carboxylic acid groups (broad SMARTS) is 1. The molecule has 0 rings (SSSR count). The lowest BCUT2D eigenvalue weighted by atomic mass is 10.0. The minimum absolute atomic E-state index is 0.227. The molecule has 0 radical (unpaired) electrons. The Hall–Kier alpha value is -0.860. The molecule has 0 aromatic carbocycles. The number of carboxylic acids is 1. The van der Waals surface area contributed by atoms with Gasteiger partial charge in [-0.3, -0.25) is 4.79 Å². The monoisotopic (exact) mass is 129 g/mol. The molecule has 0 aliphatic heterocycles. The molecule has 9 heavy (non-hydrogen) atoms. The summed E-state index contributed by atoms with van der Waals surface area (Å²) < 4.78 is 0. The maximum absolute atomic E-state index is 10.2. The molecule has 3 nitrogen and oxygen atoms in total. The molecule has 3 heteroatoms. The first kappa shape index (κ1) is 8.14. The van der Waals surface area contributed by atoms with Crippen molar-refractivity contribution in [1.29, 1.82) is 5.41 Å². The highest BCUT2D eigenvalue weighted by molar-refractivity contribution is 5.98. The summed E-state index contributed by atoms with van der Waals surface area (Å²) in [6, 6.07) is 0. The van der Waals surface area contributed by atoms with E-state index in [1.807, 2.05) is 0 Å². The molecule has 2 N–H and O–H groups in total. The van der Waals surface area contributed by atoms with Crippen molar-refractivity contribution in [3.63, 3.8) is 0 Å². The Morgan fingerprint density at radius 1 is 1.78 bits per heavy atom. The van der Waals surface area contributed by atoms with E-state index < -0.39 is 11.9 Å². The van der Waals surface area contributed by atoms with Crippen LogP contribution in [0.2, 0.25) is 0 Å². The van der Waals surface area contributed by atoms with Crippen LogP contribution < -0.4 is 0 Å². The third-order valence-electron chi connectivity index (χ3n) is 1.23. The van der Waals surface area contributed by atoms with Crippen molar-refractivity contribution in [2.75, 3.05) is 0 Å². The summed E-state index contributed by atoms with van der Waals surface area (Å²) in [5, 5.41) is 15.4. The van der Waals surface area contributed by atoms with E-state index >= 15 is 0 Å². The first-order valence-electron chi connectivity index (χ1n) is 2.87. The second-order valence-corrected chi connectivity index (χ2v) is 1.98. The zero-order valence-corrected chi connectivity index (χ0v) is 5.64. The van der Waals surface area contributed by atoms with Crippen molar-refractivity contribution in [3.8, 4) is 0 Å². The Kier molecular flexibility index (Phi) is 2.91. The van der Waals surface area contributed by atoms with E-state index in [1.165, 1.54) is 6.92 Å². The highest BCUT2D eigenvalue weighted by atomic mass is 16.4. The number of hydrogen-bond donors (Lipinski definition) is 2. The summed E-state index contributed by atoms with van der Waals surface area (Å²) in [4.78, 5) is 10.2. The smallest absolute Gasteiger partial charge is 0.312 e. The van der Waals surface area contributed by atoms with Gasteiger partial charge in [-0.25, -0.2) is 0 Å². The van der Waals surface area contributed by atoms with E-state index in [4.69, 9.17) is 10.5 Å². The number of nitrogens with one attached hydrogen (secondary N) is 1. The summed E-state index contributed by atoms with van der Waals surface area (Å²) in [6.07, 6.45) is 0.505. The lowest BCUT2D eigenvalue weighted by Gasteiger charge is -2.04. The molecule has 0 aromatic heterocycles. The Morgan fingerprint density at radius 2 is 2.22 bits per heavy atom. The molecule has 1 atom stereocenters. The third-order valence-corrected chi connectivity index (χ3v) is 1.23. The molecule has 0 aliphatic rings. The molecule has 0 aromatic rings. The van der Waals surface area contributed by atoms with Gasteiger partial charge in [-0.15, -0.1) is 0 Å². The largest absolute Gasteiger partial charge is 0.481 e. The second-order valence-electron chi connectivity index (χ2n) is 1.98. The molecule has 0 fully saturated rings. The lowest BCUT2D eigenvalue weighted by molar-refractivity contribution is -0.139. The molecule has 0 unspecified atom stereocenters. The minimum Gasteiger partial charge on any atom is -0.481 e. The van der Waals surface area contributed by atoms with Gasteiger partial charge in [0.15, 0.2) is 0 Å². The zero-order chi connectivity index (χ0) is 7.44. The van der Waals surface area contributed by atoms with Gasteiger partial charge >= 0.3 is 5.97 Å². The van der Waals surface area contributed by atoms with Crippen LogP contribution in [0.4, 0.5) is 0 Å². The van der Waals surface area contributed by atoms with Crippen molar-refractivity contribution < 1.29 is 9.90 Å². The molecule has 0 saturated heterocycles. The van der Waals surface area contributed by atoms with E-state index in [0.717, 1.165) is 0 Å². The summed E-state index contributed by atoms with van der Waals surface area (Å²) in [7, 11) is 0. The maximum atomic E-state index is 10.2. The Bertz CT molecular complexity index is 117. The Labute approximate surface area is 54.2 Å². The quantitative estimate of drug-likeness (QED) is 0.561. The van der Waals surface area contributed by atoms with Gasteiger partial charge in [-0.2, -0.15) is 0 Å². The van der Waals surface area contributed by atoms with Gasteiger partial charge in [0.05, 0.1) is 5.92 Å². The highest BCUT2D eigenvalue weighted by Crippen LogP contribution is 2.02. The fraction of sp³-hybridized carbons (Fsp3) is 0.667. The van der Waals surface area contributed by atoms with Crippen LogP contribution in [0.15, 0.2) is 0 Å². The van der Waals surface area contributed by atoms with Gasteiger partial charge in [0, 0.05) is 5.71 Å². The predicted molar refractivity (Wildman–Crippen MR) is 34.8 cm³/mol. The maximum Gasteiger partial charge on any atom is 0.312 e. The van der Waals surface area contributed by atoms with Gasteiger partial charge in [0.2, 0.25) is 0 Å². The van der Waals surface area contributed by atoms with Crippen LogP contribution in [0.25, 0.3) is 0 Å². The number of hydrogen-bond acceptors (Lipinski definition) is 2. The van der Waals surface area contributed by atoms with Gasteiger partial charge < -0.3 is 10.5 Å². The summed E-state index contributed by atoms with van der Waals surface area (Å²) in [5.74, 6) is -1.48. The zero-order valence-electron chi connectivity index (χ0n) is 5.64. The van der Waals surface area contributed by atoms with Gasteiger partial charge in [0.25, 0.3) is 0 Å². The van der Waals surface area contributed by atoms with E-state index in [0.29, 0.717) is 6.42 Å². The first-order valence-corrected chi connectivity index (χ1v) is 2.87. The molecule has 0 saturated carbocycles. The van der Waals surface area contributed by atoms with Crippen LogP contribution in [0.3, 0.4) is 0 Å².